The molecule has 2 fully saturated rings. The molecule has 4 rings (SSSR count). The maximum Gasteiger partial charge on any atom is 0.331 e. The Hall–Kier alpha value is -2.89. The molecule has 146 valence electrons. The van der Waals surface area contributed by atoms with Gasteiger partial charge in [-0.05, 0) is 31.9 Å². The number of fused-ring (bicyclic) bond motifs is 1. The highest BCUT2D eigenvalue weighted by atomic mass is 16.2. The molecule has 1 saturated heterocycles. The summed E-state index contributed by atoms with van der Waals surface area (Å²) in [5, 5.41) is 3.35. The maximum atomic E-state index is 13.1. The molecule has 0 spiro atoms. The largest absolute Gasteiger partial charge is 0.347 e. The highest BCUT2D eigenvalue weighted by Gasteiger charge is 2.39. The first kappa shape index (κ1) is 18.5. The Balaban J connectivity index is 1.73. The molecule has 2 aliphatic rings. The first-order valence-electron chi connectivity index (χ1n) is 10.1. The van der Waals surface area contributed by atoms with E-state index in [9.17, 15) is 14.4 Å². The van der Waals surface area contributed by atoms with Gasteiger partial charge in [-0.3, -0.25) is 19.8 Å². The van der Waals surface area contributed by atoms with Crippen LogP contribution in [0.1, 0.15) is 51.0 Å². The van der Waals surface area contributed by atoms with Gasteiger partial charge in [0.15, 0.2) is 0 Å². The Morgan fingerprint density at radius 3 is 2.50 bits per heavy atom. The third-order valence-corrected chi connectivity index (χ3v) is 5.78. The van der Waals surface area contributed by atoms with E-state index in [1.807, 2.05) is 37.4 Å². The van der Waals surface area contributed by atoms with Crippen molar-refractivity contribution < 1.29 is 14.4 Å². The van der Waals surface area contributed by atoms with Gasteiger partial charge in [-0.2, -0.15) is 0 Å². The number of para-hydroxylation sites is 1. The van der Waals surface area contributed by atoms with Crippen LogP contribution >= 0.6 is 0 Å². The average molecular weight is 379 g/mol. The monoisotopic (exact) mass is 379 g/mol. The number of aryl methyl sites for hydroxylation is 1. The summed E-state index contributed by atoms with van der Waals surface area (Å²) in [5.74, 6) is -1.10. The molecule has 4 amide bonds. The second-order valence-corrected chi connectivity index (χ2v) is 7.53. The molecule has 0 atom stereocenters. The maximum absolute atomic E-state index is 13.1. The van der Waals surface area contributed by atoms with Gasteiger partial charge in [0.1, 0.15) is 5.57 Å². The molecule has 1 N–H and O–H groups in total. The molecule has 2 aromatic rings. The standard InChI is InChI=1S/C22H25N3O3/c1-2-24-14-15(17-11-7-8-12-19(17)24)13-18-20(26)23-22(28)25(21(18)27)16-9-5-3-4-6-10-16/h7-8,11-14,16H,2-6,9-10H2,1H3,(H,23,26,28). The van der Waals surface area contributed by atoms with Crippen molar-refractivity contribution in [1.29, 1.82) is 0 Å². The predicted octanol–water partition coefficient (Wildman–Crippen LogP) is 3.85. The SMILES string of the molecule is CCn1cc(C=C2C(=O)NC(=O)N(C3CCCCCC3)C2=O)c2ccccc21. The number of imide groups is 2. The normalized spacial score (nSPS) is 20.7. The van der Waals surface area contributed by atoms with Crippen LogP contribution in [0.2, 0.25) is 0 Å². The number of hydrogen-bond acceptors (Lipinski definition) is 3. The van der Waals surface area contributed by atoms with E-state index in [0.717, 1.165) is 61.5 Å². The molecule has 1 aromatic heterocycles. The summed E-state index contributed by atoms with van der Waals surface area (Å²) in [6.07, 6.45) is 9.42. The number of barbiturate groups is 1. The Kier molecular flexibility index (Phi) is 5.03. The smallest absolute Gasteiger partial charge is 0.331 e. The van der Waals surface area contributed by atoms with E-state index in [1.165, 1.54) is 4.90 Å². The Bertz CT molecular complexity index is 965. The van der Waals surface area contributed by atoms with Crippen LogP contribution in [0.15, 0.2) is 36.0 Å². The summed E-state index contributed by atoms with van der Waals surface area (Å²) in [7, 11) is 0. The first-order chi connectivity index (χ1) is 13.6. The molecule has 0 bridgehead atoms. The zero-order chi connectivity index (χ0) is 19.7. The van der Waals surface area contributed by atoms with Crippen LogP contribution in [0, 0.1) is 0 Å². The molecule has 2 heterocycles. The minimum atomic E-state index is -0.617. The number of benzene rings is 1. The number of rotatable bonds is 3. The van der Waals surface area contributed by atoms with E-state index in [-0.39, 0.29) is 11.6 Å². The lowest BCUT2D eigenvalue weighted by molar-refractivity contribution is -0.131. The fraction of sp³-hybridized carbons (Fsp3) is 0.409. The van der Waals surface area contributed by atoms with Gasteiger partial charge in [-0.1, -0.05) is 43.9 Å². The molecular weight excluding hydrogens is 354 g/mol. The van der Waals surface area contributed by atoms with Gasteiger partial charge >= 0.3 is 6.03 Å². The van der Waals surface area contributed by atoms with Crippen LogP contribution in [0.25, 0.3) is 17.0 Å². The average Bonchev–Trinajstić information content (AvgIpc) is 2.84. The minimum Gasteiger partial charge on any atom is -0.347 e. The summed E-state index contributed by atoms with van der Waals surface area (Å²) in [6, 6.07) is 7.18. The zero-order valence-corrected chi connectivity index (χ0v) is 16.1. The summed E-state index contributed by atoms with van der Waals surface area (Å²) in [4.78, 5) is 39.3. The fourth-order valence-electron chi connectivity index (χ4n) is 4.33. The van der Waals surface area contributed by atoms with Gasteiger partial charge in [0, 0.05) is 35.2 Å². The number of aromatic nitrogens is 1. The second kappa shape index (κ2) is 7.62. The number of hydrogen-bond donors (Lipinski definition) is 1. The molecule has 0 radical (unpaired) electrons. The quantitative estimate of drug-likeness (QED) is 0.500. The van der Waals surface area contributed by atoms with Crippen molar-refractivity contribution in [1.82, 2.24) is 14.8 Å². The van der Waals surface area contributed by atoms with Gasteiger partial charge in [0.05, 0.1) is 0 Å². The predicted molar refractivity (Wildman–Crippen MR) is 107 cm³/mol. The Morgan fingerprint density at radius 1 is 1.07 bits per heavy atom. The van der Waals surface area contributed by atoms with Gasteiger partial charge < -0.3 is 4.57 Å². The van der Waals surface area contributed by atoms with E-state index >= 15 is 0 Å². The van der Waals surface area contributed by atoms with Crippen LogP contribution in [0.4, 0.5) is 4.79 Å². The highest BCUT2D eigenvalue weighted by molar-refractivity contribution is 6.31. The van der Waals surface area contributed by atoms with Crippen LogP contribution in [0.5, 0.6) is 0 Å². The van der Waals surface area contributed by atoms with E-state index in [4.69, 9.17) is 0 Å². The summed E-state index contributed by atoms with van der Waals surface area (Å²) in [6.45, 7) is 2.84. The van der Waals surface area contributed by atoms with Crippen molar-refractivity contribution in [3.05, 3.63) is 41.6 Å². The minimum absolute atomic E-state index is 0.0304. The van der Waals surface area contributed by atoms with Crippen molar-refractivity contribution in [2.24, 2.45) is 0 Å². The van der Waals surface area contributed by atoms with Gasteiger partial charge in [-0.15, -0.1) is 0 Å². The van der Waals surface area contributed by atoms with Crippen LogP contribution in [-0.2, 0) is 16.1 Å². The number of nitrogens with one attached hydrogen (secondary N) is 1. The van der Waals surface area contributed by atoms with Crippen molar-refractivity contribution in [2.75, 3.05) is 0 Å². The van der Waals surface area contributed by atoms with E-state index < -0.39 is 17.8 Å². The molecule has 1 aromatic carbocycles. The molecular formula is C22H25N3O3. The van der Waals surface area contributed by atoms with Gasteiger partial charge in [-0.25, -0.2) is 4.79 Å². The third kappa shape index (κ3) is 3.23. The molecule has 1 saturated carbocycles. The summed E-state index contributed by atoms with van der Waals surface area (Å²) >= 11 is 0. The lowest BCUT2D eigenvalue weighted by Crippen LogP contribution is -2.57. The Labute approximate surface area is 164 Å². The van der Waals surface area contributed by atoms with Crippen LogP contribution in [-0.4, -0.2) is 33.4 Å². The summed E-state index contributed by atoms with van der Waals surface area (Å²) in [5.41, 5.74) is 1.89. The van der Waals surface area contributed by atoms with Crippen LogP contribution in [0.3, 0.4) is 0 Å². The number of carbonyl (C=O) groups excluding carboxylic acids is 3. The van der Waals surface area contributed by atoms with Crippen molar-refractivity contribution >= 4 is 34.8 Å². The van der Waals surface area contributed by atoms with Gasteiger partial charge in [0.25, 0.3) is 11.8 Å². The lowest BCUT2D eigenvalue weighted by atomic mass is 10.0. The number of amides is 4. The van der Waals surface area contributed by atoms with E-state index in [2.05, 4.69) is 9.88 Å². The summed E-state index contributed by atoms with van der Waals surface area (Å²) < 4.78 is 2.08. The van der Waals surface area contributed by atoms with Gasteiger partial charge in [0.2, 0.25) is 0 Å². The fourth-order valence-corrected chi connectivity index (χ4v) is 4.33. The lowest BCUT2D eigenvalue weighted by Gasteiger charge is -2.32. The molecule has 1 aliphatic carbocycles. The number of nitrogens with zero attached hydrogens (tertiary/aromatic N) is 2. The number of urea groups is 1. The molecule has 6 nitrogen and oxygen atoms in total. The molecule has 0 unspecified atom stereocenters. The van der Waals surface area contributed by atoms with Crippen molar-refractivity contribution in [2.45, 2.75) is 58.0 Å². The third-order valence-electron chi connectivity index (χ3n) is 5.78. The highest BCUT2D eigenvalue weighted by Crippen LogP contribution is 2.28. The number of carbonyl (C=O) groups is 3. The zero-order valence-electron chi connectivity index (χ0n) is 16.1. The molecule has 28 heavy (non-hydrogen) atoms. The Morgan fingerprint density at radius 2 is 1.79 bits per heavy atom. The van der Waals surface area contributed by atoms with Crippen molar-refractivity contribution in [3.8, 4) is 0 Å². The van der Waals surface area contributed by atoms with Crippen molar-refractivity contribution in [3.63, 3.8) is 0 Å². The molecule has 1 aliphatic heterocycles. The van der Waals surface area contributed by atoms with E-state index in [1.54, 1.807) is 6.08 Å². The second-order valence-electron chi connectivity index (χ2n) is 7.53. The topological polar surface area (TPSA) is 71.4 Å². The molecule has 6 heteroatoms. The first-order valence-corrected chi connectivity index (χ1v) is 10.1. The van der Waals surface area contributed by atoms with E-state index in [0.29, 0.717) is 0 Å². The van der Waals surface area contributed by atoms with Crippen LogP contribution < -0.4 is 5.32 Å².